The summed E-state index contributed by atoms with van der Waals surface area (Å²) in [4.78, 5) is 10.9. The van der Waals surface area contributed by atoms with Crippen molar-refractivity contribution in [2.24, 2.45) is 0 Å². The highest BCUT2D eigenvalue weighted by Crippen LogP contribution is 2.33. The van der Waals surface area contributed by atoms with Gasteiger partial charge in [0, 0.05) is 0 Å². The Balaban J connectivity index is 2.36. The van der Waals surface area contributed by atoms with Crippen molar-refractivity contribution in [1.82, 2.24) is 0 Å². The molecule has 0 bridgehead atoms. The third-order valence-electron chi connectivity index (χ3n) is 2.59. The van der Waals surface area contributed by atoms with Gasteiger partial charge in [-0.15, -0.1) is 0 Å². The Morgan fingerprint density at radius 1 is 1.00 bits per heavy atom. The molecule has 2 aromatic carbocycles. The fourth-order valence-electron chi connectivity index (χ4n) is 1.65. The number of hydrogen-bond acceptors (Lipinski definition) is 3. The number of carbonyl (C=O) groups excluding carboxylic acids is 1. The van der Waals surface area contributed by atoms with Gasteiger partial charge < -0.3 is 9.47 Å². The maximum Gasteiger partial charge on any atom is 0.169 e. The number of para-hydroxylation sites is 1. The van der Waals surface area contributed by atoms with E-state index in [9.17, 15) is 4.79 Å². The summed E-state index contributed by atoms with van der Waals surface area (Å²) in [7, 11) is 1.59. The Morgan fingerprint density at radius 2 is 1.78 bits per heavy atom. The smallest absolute Gasteiger partial charge is 0.169 e. The summed E-state index contributed by atoms with van der Waals surface area (Å²) in [6, 6.07) is 12.7. The molecule has 0 heterocycles. The van der Waals surface area contributed by atoms with Crippen LogP contribution in [0.1, 0.15) is 15.9 Å². The number of rotatable bonds is 4. The van der Waals surface area contributed by atoms with Crippen molar-refractivity contribution in [3.8, 4) is 17.2 Å². The fraction of sp³-hybridized carbons (Fsp3) is 0.133. The number of aryl methyl sites for hydroxylation is 1. The minimum absolute atomic E-state index is 0.514. The first-order valence-corrected chi connectivity index (χ1v) is 5.61. The first-order chi connectivity index (χ1) is 8.74. The van der Waals surface area contributed by atoms with E-state index in [2.05, 4.69) is 0 Å². The number of aldehydes is 1. The summed E-state index contributed by atoms with van der Waals surface area (Å²) >= 11 is 0. The fourth-order valence-corrected chi connectivity index (χ4v) is 1.65. The lowest BCUT2D eigenvalue weighted by molar-refractivity contribution is 0.112. The van der Waals surface area contributed by atoms with Crippen molar-refractivity contribution in [2.45, 2.75) is 6.92 Å². The molecule has 0 aliphatic heterocycles. The van der Waals surface area contributed by atoms with Crippen LogP contribution >= 0.6 is 0 Å². The lowest BCUT2D eigenvalue weighted by Gasteiger charge is -2.12. The molecule has 3 heteroatoms. The molecule has 0 aliphatic rings. The molecule has 92 valence electrons. The number of ether oxygens (including phenoxy) is 2. The van der Waals surface area contributed by atoms with Gasteiger partial charge >= 0.3 is 0 Å². The predicted molar refractivity (Wildman–Crippen MR) is 69.6 cm³/mol. The van der Waals surface area contributed by atoms with Crippen molar-refractivity contribution < 1.29 is 14.3 Å². The van der Waals surface area contributed by atoms with Crippen LogP contribution in [0.3, 0.4) is 0 Å². The van der Waals surface area contributed by atoms with E-state index in [1.165, 1.54) is 0 Å². The van der Waals surface area contributed by atoms with Crippen LogP contribution in [0, 0.1) is 6.92 Å². The van der Waals surface area contributed by atoms with Gasteiger partial charge in [0.05, 0.1) is 12.7 Å². The Bertz CT molecular complexity index is 561. The molecule has 3 nitrogen and oxygen atoms in total. The van der Waals surface area contributed by atoms with Crippen LogP contribution in [0.25, 0.3) is 0 Å². The van der Waals surface area contributed by atoms with Crippen LogP contribution in [0.5, 0.6) is 17.2 Å². The topological polar surface area (TPSA) is 35.5 Å². The summed E-state index contributed by atoms with van der Waals surface area (Å²) in [6.45, 7) is 1.98. The Kier molecular flexibility index (Phi) is 3.63. The molecule has 2 aromatic rings. The second-order valence-corrected chi connectivity index (χ2v) is 3.91. The van der Waals surface area contributed by atoms with E-state index in [0.717, 1.165) is 11.8 Å². The third kappa shape index (κ3) is 2.51. The van der Waals surface area contributed by atoms with Crippen molar-refractivity contribution in [1.29, 1.82) is 0 Å². The second kappa shape index (κ2) is 5.36. The predicted octanol–water partition coefficient (Wildman–Crippen LogP) is 3.61. The van der Waals surface area contributed by atoms with Crippen LogP contribution in [-0.2, 0) is 0 Å². The molecule has 2 rings (SSSR count). The molecule has 0 saturated heterocycles. The van der Waals surface area contributed by atoms with Gasteiger partial charge in [-0.1, -0.05) is 18.2 Å². The number of carbonyl (C=O) groups is 1. The standard InChI is InChI=1S/C15H14O3/c1-11-7-8-14(15(9-11)17-2)18-13-6-4-3-5-12(13)10-16/h3-10H,1-2H3. The highest BCUT2D eigenvalue weighted by Gasteiger charge is 2.08. The first-order valence-electron chi connectivity index (χ1n) is 5.61. The van der Waals surface area contributed by atoms with Crippen molar-refractivity contribution in [3.05, 3.63) is 53.6 Å². The van der Waals surface area contributed by atoms with Gasteiger partial charge in [-0.05, 0) is 36.8 Å². The van der Waals surface area contributed by atoms with Crippen LogP contribution in [0.4, 0.5) is 0 Å². The summed E-state index contributed by atoms with van der Waals surface area (Å²) in [5, 5.41) is 0. The highest BCUT2D eigenvalue weighted by molar-refractivity contribution is 5.79. The van der Waals surface area contributed by atoms with E-state index >= 15 is 0 Å². The highest BCUT2D eigenvalue weighted by atomic mass is 16.5. The molecule has 0 unspecified atom stereocenters. The van der Waals surface area contributed by atoms with Crippen LogP contribution in [0.15, 0.2) is 42.5 Å². The first kappa shape index (κ1) is 12.2. The van der Waals surface area contributed by atoms with E-state index in [-0.39, 0.29) is 0 Å². The Morgan fingerprint density at radius 3 is 2.50 bits per heavy atom. The Hall–Kier alpha value is -2.29. The number of methoxy groups -OCH3 is 1. The molecule has 0 saturated carbocycles. The van der Waals surface area contributed by atoms with E-state index in [1.807, 2.05) is 31.2 Å². The average molecular weight is 242 g/mol. The SMILES string of the molecule is COc1cc(C)ccc1Oc1ccccc1C=O. The van der Waals surface area contributed by atoms with Crippen molar-refractivity contribution in [2.75, 3.05) is 7.11 Å². The quantitative estimate of drug-likeness (QED) is 0.768. The molecule has 0 radical (unpaired) electrons. The van der Waals surface area contributed by atoms with E-state index in [4.69, 9.17) is 9.47 Å². The van der Waals surface area contributed by atoms with Gasteiger partial charge in [-0.2, -0.15) is 0 Å². The van der Waals surface area contributed by atoms with Gasteiger partial charge in [0.15, 0.2) is 17.8 Å². The molecule has 0 aromatic heterocycles. The molecule has 0 amide bonds. The summed E-state index contributed by atoms with van der Waals surface area (Å²) < 4.78 is 11.0. The summed E-state index contributed by atoms with van der Waals surface area (Å²) in [6.07, 6.45) is 0.774. The maximum absolute atomic E-state index is 10.9. The minimum Gasteiger partial charge on any atom is -0.493 e. The molecule has 0 atom stereocenters. The third-order valence-corrected chi connectivity index (χ3v) is 2.59. The van der Waals surface area contributed by atoms with E-state index in [0.29, 0.717) is 22.8 Å². The zero-order valence-electron chi connectivity index (χ0n) is 10.3. The molecule has 0 fully saturated rings. The number of benzene rings is 2. The van der Waals surface area contributed by atoms with Crippen molar-refractivity contribution >= 4 is 6.29 Å². The molecular weight excluding hydrogens is 228 g/mol. The van der Waals surface area contributed by atoms with Gasteiger partial charge in [0.1, 0.15) is 5.75 Å². The summed E-state index contributed by atoms with van der Waals surface area (Å²) in [5.74, 6) is 1.77. The average Bonchev–Trinajstić information content (AvgIpc) is 2.41. The monoisotopic (exact) mass is 242 g/mol. The lowest BCUT2D eigenvalue weighted by atomic mass is 10.2. The molecule has 0 N–H and O–H groups in total. The van der Waals surface area contributed by atoms with Gasteiger partial charge in [0.25, 0.3) is 0 Å². The van der Waals surface area contributed by atoms with E-state index in [1.54, 1.807) is 25.3 Å². The summed E-state index contributed by atoms with van der Waals surface area (Å²) in [5.41, 5.74) is 1.60. The second-order valence-electron chi connectivity index (χ2n) is 3.91. The Labute approximate surface area is 106 Å². The normalized spacial score (nSPS) is 9.89. The van der Waals surface area contributed by atoms with Crippen LogP contribution in [0.2, 0.25) is 0 Å². The molecular formula is C15H14O3. The lowest BCUT2D eigenvalue weighted by Crippen LogP contribution is -1.93. The largest absolute Gasteiger partial charge is 0.493 e. The van der Waals surface area contributed by atoms with Crippen LogP contribution in [-0.4, -0.2) is 13.4 Å². The molecule has 18 heavy (non-hydrogen) atoms. The van der Waals surface area contributed by atoms with Crippen molar-refractivity contribution in [3.63, 3.8) is 0 Å². The zero-order valence-corrected chi connectivity index (χ0v) is 10.3. The number of hydrogen-bond donors (Lipinski definition) is 0. The van der Waals surface area contributed by atoms with Crippen LogP contribution < -0.4 is 9.47 Å². The van der Waals surface area contributed by atoms with Gasteiger partial charge in [-0.25, -0.2) is 0 Å². The van der Waals surface area contributed by atoms with Gasteiger partial charge in [-0.3, -0.25) is 4.79 Å². The van der Waals surface area contributed by atoms with Gasteiger partial charge in [0.2, 0.25) is 0 Å². The zero-order chi connectivity index (χ0) is 13.0. The molecule has 0 spiro atoms. The minimum atomic E-state index is 0.514. The van der Waals surface area contributed by atoms with E-state index < -0.39 is 0 Å². The maximum atomic E-state index is 10.9. The molecule has 0 aliphatic carbocycles.